The Bertz CT molecular complexity index is 1450. The Morgan fingerprint density at radius 1 is 1.00 bits per heavy atom. The SMILES string of the molecule is Cc1cc(C(=O)Cn2cc(S(=O)(=O)N3CCCC3)ccc2=O)c(C)n1-c1ccc2c(c1)OCO2. The number of ether oxygens (including phenoxy) is 2. The van der Waals surface area contributed by atoms with Crippen molar-refractivity contribution in [3.63, 3.8) is 0 Å². The van der Waals surface area contributed by atoms with Crippen molar-refractivity contribution in [3.8, 4) is 17.2 Å². The van der Waals surface area contributed by atoms with Gasteiger partial charge < -0.3 is 18.6 Å². The Hall–Kier alpha value is -3.37. The van der Waals surface area contributed by atoms with E-state index in [1.54, 1.807) is 6.07 Å². The van der Waals surface area contributed by atoms with Crippen LogP contribution in [0.2, 0.25) is 0 Å². The molecular weight excluding hydrogens is 458 g/mol. The first-order chi connectivity index (χ1) is 16.3. The van der Waals surface area contributed by atoms with Gasteiger partial charge in [-0.25, -0.2) is 8.42 Å². The van der Waals surface area contributed by atoms with Crippen LogP contribution in [0.5, 0.6) is 11.5 Å². The second kappa shape index (κ2) is 8.44. The molecule has 0 spiro atoms. The number of Topliss-reactive ketones (excluding diaryl/α,β-unsaturated/α-hetero) is 1. The summed E-state index contributed by atoms with van der Waals surface area (Å²) in [7, 11) is -3.69. The summed E-state index contributed by atoms with van der Waals surface area (Å²) in [4.78, 5) is 25.7. The van der Waals surface area contributed by atoms with Crippen molar-refractivity contribution in [2.45, 2.75) is 38.1 Å². The van der Waals surface area contributed by atoms with Crippen molar-refractivity contribution in [2.24, 2.45) is 0 Å². The average Bonchev–Trinajstić information content (AvgIpc) is 3.55. The molecule has 178 valence electrons. The highest BCUT2D eigenvalue weighted by Gasteiger charge is 2.28. The highest BCUT2D eigenvalue weighted by atomic mass is 32.2. The number of fused-ring (bicyclic) bond motifs is 1. The van der Waals surface area contributed by atoms with Gasteiger partial charge in [-0.2, -0.15) is 4.31 Å². The number of aryl methyl sites for hydroxylation is 1. The molecule has 0 saturated carbocycles. The molecule has 0 aliphatic carbocycles. The number of carbonyl (C=O) groups is 1. The fraction of sp³-hybridized carbons (Fsp3) is 0.333. The van der Waals surface area contributed by atoms with Crippen molar-refractivity contribution in [1.82, 2.24) is 13.4 Å². The first-order valence-corrected chi connectivity index (χ1v) is 12.5. The van der Waals surface area contributed by atoms with Crippen LogP contribution >= 0.6 is 0 Å². The van der Waals surface area contributed by atoms with Crippen LogP contribution in [-0.4, -0.2) is 47.5 Å². The summed E-state index contributed by atoms with van der Waals surface area (Å²) in [6, 6.07) is 9.85. The van der Waals surface area contributed by atoms with Crippen LogP contribution in [0.25, 0.3) is 5.69 Å². The van der Waals surface area contributed by atoms with E-state index in [2.05, 4.69) is 0 Å². The summed E-state index contributed by atoms with van der Waals surface area (Å²) in [6.45, 7) is 4.57. The van der Waals surface area contributed by atoms with Crippen LogP contribution in [0.4, 0.5) is 0 Å². The van der Waals surface area contributed by atoms with Crippen molar-refractivity contribution in [3.05, 3.63) is 69.9 Å². The molecule has 1 fully saturated rings. The van der Waals surface area contributed by atoms with E-state index < -0.39 is 15.6 Å². The summed E-state index contributed by atoms with van der Waals surface area (Å²) in [5, 5.41) is 0. The summed E-state index contributed by atoms with van der Waals surface area (Å²) < 4.78 is 41.2. The van der Waals surface area contributed by atoms with Crippen molar-refractivity contribution >= 4 is 15.8 Å². The monoisotopic (exact) mass is 483 g/mol. The third kappa shape index (κ3) is 3.82. The lowest BCUT2D eigenvalue weighted by atomic mass is 10.1. The van der Waals surface area contributed by atoms with E-state index >= 15 is 0 Å². The minimum Gasteiger partial charge on any atom is -0.454 e. The summed E-state index contributed by atoms with van der Waals surface area (Å²) in [5.74, 6) is 1.03. The molecule has 34 heavy (non-hydrogen) atoms. The lowest BCUT2D eigenvalue weighted by Gasteiger charge is -2.16. The van der Waals surface area contributed by atoms with Crippen molar-refractivity contribution in [1.29, 1.82) is 0 Å². The number of carbonyl (C=O) groups excluding carboxylic acids is 1. The first-order valence-electron chi connectivity index (χ1n) is 11.1. The van der Waals surface area contributed by atoms with Crippen LogP contribution in [0.15, 0.2) is 52.3 Å². The van der Waals surface area contributed by atoms with Crippen LogP contribution in [0.3, 0.4) is 0 Å². The predicted octanol–water partition coefficient (Wildman–Crippen LogP) is 2.65. The van der Waals surface area contributed by atoms with Crippen LogP contribution in [-0.2, 0) is 16.6 Å². The molecule has 0 unspecified atom stereocenters. The molecule has 10 heteroatoms. The fourth-order valence-electron chi connectivity index (χ4n) is 4.57. The molecular formula is C24H25N3O6S. The molecule has 3 aromatic rings. The topological polar surface area (TPSA) is 99.8 Å². The molecule has 0 radical (unpaired) electrons. The third-order valence-corrected chi connectivity index (χ3v) is 8.20. The predicted molar refractivity (Wildman–Crippen MR) is 124 cm³/mol. The minimum absolute atomic E-state index is 0.0210. The Morgan fingerprint density at radius 2 is 1.74 bits per heavy atom. The van der Waals surface area contributed by atoms with Gasteiger partial charge in [0, 0.05) is 54.1 Å². The van der Waals surface area contributed by atoms with E-state index in [1.807, 2.05) is 36.6 Å². The quantitative estimate of drug-likeness (QED) is 0.500. The molecule has 1 saturated heterocycles. The number of rotatable bonds is 6. The van der Waals surface area contributed by atoms with E-state index in [-0.39, 0.29) is 24.0 Å². The smallest absolute Gasteiger partial charge is 0.251 e. The van der Waals surface area contributed by atoms with Crippen LogP contribution in [0.1, 0.15) is 34.6 Å². The maximum Gasteiger partial charge on any atom is 0.251 e. The summed E-state index contributed by atoms with van der Waals surface area (Å²) in [5.41, 5.74) is 2.43. The Kier molecular flexibility index (Phi) is 5.57. The van der Waals surface area contributed by atoms with Gasteiger partial charge in [0.25, 0.3) is 5.56 Å². The molecule has 0 atom stereocenters. The molecule has 2 aliphatic rings. The molecule has 2 aliphatic heterocycles. The number of pyridine rings is 1. The Balaban J connectivity index is 1.44. The lowest BCUT2D eigenvalue weighted by Crippen LogP contribution is -2.30. The maximum absolute atomic E-state index is 13.2. The fourth-order valence-corrected chi connectivity index (χ4v) is 6.11. The molecule has 2 aromatic heterocycles. The van der Waals surface area contributed by atoms with Crippen LogP contribution in [0, 0.1) is 13.8 Å². The van der Waals surface area contributed by atoms with E-state index in [4.69, 9.17) is 9.47 Å². The number of nitrogens with zero attached hydrogens (tertiary/aromatic N) is 3. The Labute approximate surface area is 197 Å². The number of aromatic nitrogens is 2. The van der Waals surface area contributed by atoms with E-state index in [1.165, 1.54) is 22.6 Å². The molecule has 4 heterocycles. The molecule has 0 N–H and O–H groups in total. The zero-order valence-electron chi connectivity index (χ0n) is 19.0. The van der Waals surface area contributed by atoms with Crippen LogP contribution < -0.4 is 15.0 Å². The molecule has 9 nitrogen and oxygen atoms in total. The van der Waals surface area contributed by atoms with Gasteiger partial charge in [-0.1, -0.05) is 0 Å². The van der Waals surface area contributed by atoms with Gasteiger partial charge in [-0.3, -0.25) is 9.59 Å². The van der Waals surface area contributed by atoms with E-state index in [0.717, 1.165) is 34.5 Å². The standard InChI is InChI=1S/C24H25N3O6S/c1-16-11-20(17(2)27(16)18-5-7-22-23(12-18)33-15-32-22)21(28)14-25-13-19(6-8-24(25)29)34(30,31)26-9-3-4-10-26/h5-8,11-13H,3-4,9-10,14-15H2,1-2H3. The van der Waals surface area contributed by atoms with Gasteiger partial charge >= 0.3 is 0 Å². The van der Waals surface area contributed by atoms with Gasteiger partial charge in [0.2, 0.25) is 16.8 Å². The van der Waals surface area contributed by atoms with Gasteiger partial charge in [-0.05, 0) is 51.0 Å². The van der Waals surface area contributed by atoms with E-state index in [9.17, 15) is 18.0 Å². The van der Waals surface area contributed by atoms with Gasteiger partial charge in [0.15, 0.2) is 17.3 Å². The summed E-state index contributed by atoms with van der Waals surface area (Å²) in [6.07, 6.45) is 2.90. The highest BCUT2D eigenvalue weighted by molar-refractivity contribution is 7.89. The second-order valence-corrected chi connectivity index (χ2v) is 10.5. The summed E-state index contributed by atoms with van der Waals surface area (Å²) >= 11 is 0. The number of ketones is 1. The highest BCUT2D eigenvalue weighted by Crippen LogP contribution is 2.35. The lowest BCUT2D eigenvalue weighted by molar-refractivity contribution is 0.0970. The molecule has 1 aromatic carbocycles. The van der Waals surface area contributed by atoms with Crippen molar-refractivity contribution in [2.75, 3.05) is 19.9 Å². The van der Waals surface area contributed by atoms with Crippen molar-refractivity contribution < 1.29 is 22.7 Å². The van der Waals surface area contributed by atoms with E-state index in [0.29, 0.717) is 30.2 Å². The largest absolute Gasteiger partial charge is 0.454 e. The number of benzene rings is 1. The third-order valence-electron chi connectivity index (χ3n) is 6.32. The maximum atomic E-state index is 13.2. The van der Waals surface area contributed by atoms with Gasteiger partial charge in [0.05, 0.1) is 11.4 Å². The molecule has 5 rings (SSSR count). The second-order valence-electron chi connectivity index (χ2n) is 8.52. The first kappa shape index (κ1) is 22.4. The zero-order chi connectivity index (χ0) is 24.0. The number of sulfonamides is 1. The minimum atomic E-state index is -3.69. The Morgan fingerprint density at radius 3 is 2.50 bits per heavy atom. The number of hydrogen-bond donors (Lipinski definition) is 0. The van der Waals surface area contributed by atoms with Gasteiger partial charge in [0.1, 0.15) is 0 Å². The van der Waals surface area contributed by atoms with Gasteiger partial charge in [-0.15, -0.1) is 0 Å². The molecule has 0 amide bonds. The average molecular weight is 484 g/mol. The number of hydrogen-bond acceptors (Lipinski definition) is 6. The molecule has 0 bridgehead atoms. The zero-order valence-corrected chi connectivity index (χ0v) is 19.8. The normalized spacial score (nSPS) is 15.7.